The Hall–Kier alpha value is -0.710. The molecule has 0 aromatic carbocycles. The second-order valence-corrected chi connectivity index (χ2v) is 9.19. The first-order chi connectivity index (χ1) is 11.9. The molecule has 2 N–H and O–H groups in total. The van der Waals surface area contributed by atoms with Gasteiger partial charge in [-0.05, 0) is 25.5 Å². The number of hydrogen-bond acceptors (Lipinski definition) is 6. The van der Waals surface area contributed by atoms with Crippen LogP contribution < -0.4 is 10.6 Å². The molecule has 0 unspecified atom stereocenters. The third kappa shape index (κ3) is 5.64. The normalized spacial score (nSPS) is 20.6. The lowest BCUT2D eigenvalue weighted by molar-refractivity contribution is -0.128. The molecule has 0 saturated carbocycles. The van der Waals surface area contributed by atoms with E-state index in [1.807, 2.05) is 26.8 Å². The lowest BCUT2D eigenvalue weighted by atomic mass is 10.1. The van der Waals surface area contributed by atoms with Gasteiger partial charge < -0.3 is 15.4 Å². The fraction of sp³-hybridized carbons (Fsp3) is 0.688. The molecule has 0 bridgehead atoms. The van der Waals surface area contributed by atoms with E-state index in [0.29, 0.717) is 43.4 Å². The predicted molar refractivity (Wildman–Crippen MR) is 106 cm³/mol. The predicted octanol–water partition coefficient (Wildman–Crippen LogP) is 1.24. The number of halogens is 1. The van der Waals surface area contributed by atoms with E-state index in [9.17, 15) is 13.2 Å². The number of amides is 1. The van der Waals surface area contributed by atoms with Gasteiger partial charge in [0.25, 0.3) is 10.0 Å². The molecular weight excluding hydrogens is 398 g/mol. The molecule has 1 saturated heterocycles. The lowest BCUT2D eigenvalue weighted by Gasteiger charge is -2.29. The lowest BCUT2D eigenvalue weighted by Crippen LogP contribution is -2.55. The molecule has 0 radical (unpaired) electrons. The molecule has 150 valence electrons. The number of sulfonamides is 1. The van der Waals surface area contributed by atoms with Crippen LogP contribution in [0.2, 0.25) is 0 Å². The van der Waals surface area contributed by atoms with E-state index in [-0.39, 0.29) is 30.5 Å². The summed E-state index contributed by atoms with van der Waals surface area (Å²) in [6.45, 7) is 8.19. The largest absolute Gasteiger partial charge is 0.375 e. The number of hydrogen-bond donors (Lipinski definition) is 2. The molecule has 1 amide bonds. The zero-order valence-electron chi connectivity index (χ0n) is 15.4. The minimum atomic E-state index is -3.41. The summed E-state index contributed by atoms with van der Waals surface area (Å²) in [5, 5.41) is 6.04. The zero-order chi connectivity index (χ0) is 18.4. The van der Waals surface area contributed by atoms with Crippen molar-refractivity contribution in [3.63, 3.8) is 0 Å². The highest BCUT2D eigenvalue weighted by molar-refractivity contribution is 7.91. The van der Waals surface area contributed by atoms with Crippen molar-refractivity contribution < 1.29 is 17.9 Å². The topological polar surface area (TPSA) is 87.7 Å². The second kappa shape index (κ2) is 10.6. The van der Waals surface area contributed by atoms with Crippen LogP contribution in [0.3, 0.4) is 0 Å². The highest BCUT2D eigenvalue weighted by atomic mass is 35.5. The van der Waals surface area contributed by atoms with Crippen LogP contribution >= 0.6 is 23.7 Å². The van der Waals surface area contributed by atoms with E-state index in [1.165, 1.54) is 15.6 Å². The van der Waals surface area contributed by atoms with Gasteiger partial charge in [0.15, 0.2) is 0 Å². The van der Waals surface area contributed by atoms with Crippen molar-refractivity contribution in [1.29, 1.82) is 0 Å². The van der Waals surface area contributed by atoms with Crippen LogP contribution in [0.4, 0.5) is 0 Å². The number of thiophene rings is 1. The van der Waals surface area contributed by atoms with Gasteiger partial charge in [-0.1, -0.05) is 13.8 Å². The summed E-state index contributed by atoms with van der Waals surface area (Å²) in [7, 11) is -3.41. The minimum Gasteiger partial charge on any atom is -0.375 e. The Labute approximate surface area is 165 Å². The molecule has 1 aliphatic heterocycles. The monoisotopic (exact) mass is 425 g/mol. The van der Waals surface area contributed by atoms with Crippen molar-refractivity contribution in [1.82, 2.24) is 14.9 Å². The molecule has 0 aliphatic carbocycles. The van der Waals surface area contributed by atoms with Crippen LogP contribution in [0, 0.1) is 0 Å². The summed E-state index contributed by atoms with van der Waals surface area (Å²) in [6, 6.07) is 3.13. The molecule has 1 aliphatic rings. The number of carbonyl (C=O) groups excluding carboxylic acids is 1. The molecule has 2 rings (SSSR count). The Morgan fingerprint density at radius 2 is 2.08 bits per heavy atom. The zero-order valence-corrected chi connectivity index (χ0v) is 17.8. The Morgan fingerprint density at radius 3 is 2.69 bits per heavy atom. The molecule has 26 heavy (non-hydrogen) atoms. The molecule has 1 aromatic rings. The quantitative estimate of drug-likeness (QED) is 0.654. The van der Waals surface area contributed by atoms with Crippen LogP contribution in [0.1, 0.15) is 25.6 Å². The van der Waals surface area contributed by atoms with Crippen LogP contribution in [-0.4, -0.2) is 63.6 Å². The average Bonchev–Trinajstić information content (AvgIpc) is 3.06. The second-order valence-electron chi connectivity index (χ2n) is 5.86. The van der Waals surface area contributed by atoms with Gasteiger partial charge in [-0.2, -0.15) is 4.31 Å². The maximum absolute atomic E-state index is 12.5. The molecule has 0 spiro atoms. The van der Waals surface area contributed by atoms with Gasteiger partial charge in [-0.3, -0.25) is 4.79 Å². The van der Waals surface area contributed by atoms with Crippen molar-refractivity contribution in [2.45, 2.75) is 43.5 Å². The van der Waals surface area contributed by atoms with Crippen molar-refractivity contribution in [2.75, 3.05) is 32.8 Å². The van der Waals surface area contributed by atoms with Gasteiger partial charge in [0.1, 0.15) is 10.3 Å². The van der Waals surface area contributed by atoms with Gasteiger partial charge in [-0.15, -0.1) is 23.7 Å². The maximum atomic E-state index is 12.5. The average molecular weight is 426 g/mol. The third-order valence-corrected chi connectivity index (χ3v) is 7.87. The molecule has 1 aromatic heterocycles. The first-order valence-electron chi connectivity index (χ1n) is 8.61. The van der Waals surface area contributed by atoms with E-state index < -0.39 is 10.0 Å². The summed E-state index contributed by atoms with van der Waals surface area (Å²) in [4.78, 5) is 13.1. The summed E-state index contributed by atoms with van der Waals surface area (Å²) in [5.74, 6) is -0.0836. The van der Waals surface area contributed by atoms with Gasteiger partial charge in [0.05, 0.1) is 12.7 Å². The molecule has 1 fully saturated rings. The molecule has 10 heteroatoms. The van der Waals surface area contributed by atoms with Crippen molar-refractivity contribution >= 4 is 39.7 Å². The maximum Gasteiger partial charge on any atom is 0.252 e. The Balaban J connectivity index is 0.00000338. The minimum absolute atomic E-state index is 0. The molecule has 2 atom stereocenters. The Bertz CT molecular complexity index is 677. The van der Waals surface area contributed by atoms with Gasteiger partial charge in [-0.25, -0.2) is 8.42 Å². The van der Waals surface area contributed by atoms with Crippen LogP contribution in [-0.2, 0) is 26.0 Å². The van der Waals surface area contributed by atoms with E-state index in [2.05, 4.69) is 10.6 Å². The van der Waals surface area contributed by atoms with Crippen molar-refractivity contribution in [3.05, 3.63) is 17.0 Å². The van der Waals surface area contributed by atoms with Crippen molar-refractivity contribution in [3.8, 4) is 0 Å². The smallest absolute Gasteiger partial charge is 0.252 e. The summed E-state index contributed by atoms with van der Waals surface area (Å²) >= 11 is 1.27. The standard InChI is InChI=1S/C16H27N3O4S2.ClH/c1-4-19(5-2)25(21,22)14-7-6-13(24-14)8-9-18-16(20)15-12(3)23-11-10-17-15;/h6-7,12,15,17H,4-5,8-11H2,1-3H3,(H,18,20);1H/t12-,15+;/m1./s1. The Kier molecular flexibility index (Phi) is 9.49. The van der Waals surface area contributed by atoms with Gasteiger partial charge in [0, 0.05) is 31.1 Å². The summed E-state index contributed by atoms with van der Waals surface area (Å²) in [5.41, 5.74) is 0. The van der Waals surface area contributed by atoms with Gasteiger partial charge in [0.2, 0.25) is 5.91 Å². The van der Waals surface area contributed by atoms with E-state index >= 15 is 0 Å². The number of carbonyl (C=O) groups is 1. The highest BCUT2D eigenvalue weighted by Gasteiger charge is 2.28. The van der Waals surface area contributed by atoms with E-state index in [4.69, 9.17) is 4.74 Å². The first kappa shape index (κ1) is 23.3. The Morgan fingerprint density at radius 1 is 1.38 bits per heavy atom. The SMILES string of the molecule is CCN(CC)S(=O)(=O)c1ccc(CCNC(=O)[C@H]2NCCO[C@@H]2C)s1.Cl. The van der Waals surface area contributed by atoms with Crippen LogP contribution in [0.15, 0.2) is 16.3 Å². The van der Waals surface area contributed by atoms with Crippen molar-refractivity contribution in [2.24, 2.45) is 0 Å². The molecule has 2 heterocycles. The van der Waals surface area contributed by atoms with Crippen LogP contribution in [0.5, 0.6) is 0 Å². The fourth-order valence-corrected chi connectivity index (χ4v) is 5.74. The first-order valence-corrected chi connectivity index (χ1v) is 10.9. The molecular formula is C16H28ClN3O4S2. The van der Waals surface area contributed by atoms with Gasteiger partial charge >= 0.3 is 0 Å². The number of morpholine rings is 1. The van der Waals surface area contributed by atoms with E-state index in [1.54, 1.807) is 6.07 Å². The van der Waals surface area contributed by atoms with E-state index in [0.717, 1.165) is 4.88 Å². The summed E-state index contributed by atoms with van der Waals surface area (Å²) in [6.07, 6.45) is 0.452. The third-order valence-electron chi connectivity index (χ3n) is 4.21. The number of ether oxygens (including phenoxy) is 1. The number of nitrogens with one attached hydrogen (secondary N) is 2. The highest BCUT2D eigenvalue weighted by Crippen LogP contribution is 2.25. The van der Waals surface area contributed by atoms with Crippen LogP contribution in [0.25, 0.3) is 0 Å². The molecule has 7 nitrogen and oxygen atoms in total. The number of rotatable bonds is 8. The summed E-state index contributed by atoms with van der Waals surface area (Å²) < 4.78 is 32.2. The number of nitrogens with zero attached hydrogens (tertiary/aromatic N) is 1. The fourth-order valence-electron chi connectivity index (χ4n) is 2.77.